The van der Waals surface area contributed by atoms with Crippen LogP contribution < -0.4 is 11.1 Å². The minimum absolute atomic E-state index is 0.0659. The average Bonchev–Trinajstić information content (AvgIpc) is 2.64. The van der Waals surface area contributed by atoms with E-state index in [1.807, 2.05) is 19.9 Å². The highest BCUT2D eigenvalue weighted by molar-refractivity contribution is 5.82. The molecule has 5 heteroatoms. The Morgan fingerprint density at radius 1 is 1.21 bits per heavy atom. The molecule has 0 spiro atoms. The lowest BCUT2D eigenvalue weighted by Crippen LogP contribution is -2.45. The van der Waals surface area contributed by atoms with Crippen LogP contribution in [0.3, 0.4) is 0 Å². The van der Waals surface area contributed by atoms with Crippen LogP contribution in [-0.4, -0.2) is 43.7 Å². The van der Waals surface area contributed by atoms with Crippen LogP contribution in [0.5, 0.6) is 0 Å². The number of nitrogens with one attached hydrogen (secondary N) is 1. The lowest BCUT2D eigenvalue weighted by atomic mass is 9.81. The van der Waals surface area contributed by atoms with E-state index in [0.717, 1.165) is 45.7 Å². The summed E-state index contributed by atoms with van der Waals surface area (Å²) in [4.78, 5) is 15.0. The molecule has 0 atom stereocenters. The van der Waals surface area contributed by atoms with Crippen molar-refractivity contribution >= 4 is 5.91 Å². The molecule has 5 nitrogen and oxygen atoms in total. The fourth-order valence-electron chi connectivity index (χ4n) is 3.20. The van der Waals surface area contributed by atoms with Crippen molar-refractivity contribution in [1.29, 1.82) is 0 Å². The Balaban J connectivity index is 2.00. The molecule has 2 rings (SSSR count). The number of morpholine rings is 1. The van der Waals surface area contributed by atoms with Gasteiger partial charge in [-0.2, -0.15) is 0 Å². The summed E-state index contributed by atoms with van der Waals surface area (Å²) in [6.45, 7) is 9.42. The summed E-state index contributed by atoms with van der Waals surface area (Å²) in [7, 11) is 0. The summed E-state index contributed by atoms with van der Waals surface area (Å²) in [5.74, 6) is 0.0659. The molecule has 0 radical (unpaired) electrons. The van der Waals surface area contributed by atoms with Crippen LogP contribution in [-0.2, 0) is 22.6 Å². The monoisotopic (exact) mass is 333 g/mol. The Hall–Kier alpha value is -1.43. The molecule has 0 aromatic heterocycles. The number of hydrogen-bond donors (Lipinski definition) is 2. The van der Waals surface area contributed by atoms with Crippen molar-refractivity contribution in [3.8, 4) is 0 Å². The number of nitrogens with two attached hydrogens (primary N) is 1. The van der Waals surface area contributed by atoms with Gasteiger partial charge in [-0.15, -0.1) is 0 Å². The molecule has 1 fully saturated rings. The minimum Gasteiger partial charge on any atom is -0.379 e. The van der Waals surface area contributed by atoms with Crippen molar-refractivity contribution in [1.82, 2.24) is 10.2 Å². The zero-order valence-corrected chi connectivity index (χ0v) is 15.0. The smallest absolute Gasteiger partial charge is 0.227 e. The lowest BCUT2D eigenvalue weighted by Gasteiger charge is -2.29. The van der Waals surface area contributed by atoms with Crippen LogP contribution in [0, 0.1) is 5.41 Å². The highest BCUT2D eigenvalue weighted by atomic mass is 16.5. The SMILES string of the molecule is CCC(CC)(CN)C(=O)NCc1ccccc1CN1CCOCC1. The number of carbonyl (C=O) groups excluding carboxylic acids is 1. The highest BCUT2D eigenvalue weighted by Crippen LogP contribution is 2.25. The molecule has 134 valence electrons. The summed E-state index contributed by atoms with van der Waals surface area (Å²) in [6, 6.07) is 8.33. The summed E-state index contributed by atoms with van der Waals surface area (Å²) >= 11 is 0. The van der Waals surface area contributed by atoms with E-state index >= 15 is 0 Å². The Morgan fingerprint density at radius 2 is 1.83 bits per heavy atom. The molecule has 1 aliphatic heterocycles. The van der Waals surface area contributed by atoms with Gasteiger partial charge in [-0.25, -0.2) is 0 Å². The van der Waals surface area contributed by atoms with Crippen LogP contribution >= 0.6 is 0 Å². The van der Waals surface area contributed by atoms with Gasteiger partial charge in [-0.05, 0) is 24.0 Å². The van der Waals surface area contributed by atoms with Gasteiger partial charge in [-0.1, -0.05) is 38.1 Å². The van der Waals surface area contributed by atoms with E-state index in [4.69, 9.17) is 10.5 Å². The van der Waals surface area contributed by atoms with Gasteiger partial charge >= 0.3 is 0 Å². The molecule has 1 amide bonds. The first-order valence-electron chi connectivity index (χ1n) is 9.00. The number of amides is 1. The first-order chi connectivity index (χ1) is 11.6. The fourth-order valence-corrected chi connectivity index (χ4v) is 3.20. The van der Waals surface area contributed by atoms with Crippen molar-refractivity contribution in [2.75, 3.05) is 32.8 Å². The Labute approximate surface area is 145 Å². The summed E-state index contributed by atoms with van der Waals surface area (Å²) in [5, 5.41) is 3.11. The van der Waals surface area contributed by atoms with Crippen LogP contribution in [0.15, 0.2) is 24.3 Å². The maximum absolute atomic E-state index is 12.6. The van der Waals surface area contributed by atoms with E-state index in [1.165, 1.54) is 11.1 Å². The fraction of sp³-hybridized carbons (Fsp3) is 0.632. The minimum atomic E-state index is -0.445. The van der Waals surface area contributed by atoms with E-state index in [-0.39, 0.29) is 5.91 Å². The molecule has 0 bridgehead atoms. The van der Waals surface area contributed by atoms with Gasteiger partial charge in [0.2, 0.25) is 5.91 Å². The van der Waals surface area contributed by atoms with Gasteiger partial charge in [0.15, 0.2) is 0 Å². The third kappa shape index (κ3) is 4.56. The van der Waals surface area contributed by atoms with Crippen LogP contribution in [0.25, 0.3) is 0 Å². The largest absolute Gasteiger partial charge is 0.379 e. The molecule has 1 heterocycles. The number of ether oxygens (including phenoxy) is 1. The molecule has 24 heavy (non-hydrogen) atoms. The van der Waals surface area contributed by atoms with E-state index in [2.05, 4.69) is 28.4 Å². The first-order valence-corrected chi connectivity index (χ1v) is 9.00. The zero-order valence-electron chi connectivity index (χ0n) is 15.0. The molecule has 0 unspecified atom stereocenters. The van der Waals surface area contributed by atoms with Crippen LogP contribution in [0.1, 0.15) is 37.8 Å². The number of rotatable bonds is 8. The van der Waals surface area contributed by atoms with E-state index < -0.39 is 5.41 Å². The van der Waals surface area contributed by atoms with E-state index in [9.17, 15) is 4.79 Å². The van der Waals surface area contributed by atoms with E-state index in [0.29, 0.717) is 13.1 Å². The molecule has 1 aliphatic rings. The molecule has 0 aliphatic carbocycles. The number of benzene rings is 1. The van der Waals surface area contributed by atoms with Gasteiger partial charge in [0.05, 0.1) is 18.6 Å². The molecule has 1 aromatic carbocycles. The average molecular weight is 333 g/mol. The molecular weight excluding hydrogens is 302 g/mol. The Bertz CT molecular complexity index is 515. The highest BCUT2D eigenvalue weighted by Gasteiger charge is 2.33. The third-order valence-electron chi connectivity index (χ3n) is 5.28. The quantitative estimate of drug-likeness (QED) is 0.762. The van der Waals surface area contributed by atoms with Crippen LogP contribution in [0.2, 0.25) is 0 Å². The standard InChI is InChI=1S/C19H31N3O2/c1-3-19(4-2,15-20)18(23)21-13-16-7-5-6-8-17(16)14-22-9-11-24-12-10-22/h5-8H,3-4,9-15,20H2,1-2H3,(H,21,23). The van der Waals surface area contributed by atoms with Gasteiger partial charge in [0.1, 0.15) is 0 Å². The van der Waals surface area contributed by atoms with Gasteiger partial charge in [-0.3, -0.25) is 9.69 Å². The molecule has 3 N–H and O–H groups in total. The van der Waals surface area contributed by atoms with Gasteiger partial charge < -0.3 is 15.8 Å². The first kappa shape index (κ1) is 18.9. The topological polar surface area (TPSA) is 67.6 Å². The second-order valence-corrected chi connectivity index (χ2v) is 6.53. The van der Waals surface area contributed by atoms with Crippen molar-refractivity contribution < 1.29 is 9.53 Å². The Morgan fingerprint density at radius 3 is 2.42 bits per heavy atom. The number of hydrogen-bond acceptors (Lipinski definition) is 4. The second-order valence-electron chi connectivity index (χ2n) is 6.53. The van der Waals surface area contributed by atoms with Crippen molar-refractivity contribution in [3.63, 3.8) is 0 Å². The maximum atomic E-state index is 12.6. The Kier molecular flexibility index (Phi) is 7.21. The van der Waals surface area contributed by atoms with Crippen LogP contribution in [0.4, 0.5) is 0 Å². The predicted octanol–water partition coefficient (Wildman–Crippen LogP) is 1.90. The molecule has 1 aromatic rings. The molecule has 0 saturated carbocycles. The molecular formula is C19H31N3O2. The van der Waals surface area contributed by atoms with E-state index in [1.54, 1.807) is 0 Å². The van der Waals surface area contributed by atoms with Crippen molar-refractivity contribution in [2.45, 2.75) is 39.8 Å². The summed E-state index contributed by atoms with van der Waals surface area (Å²) in [6.07, 6.45) is 1.53. The van der Waals surface area contributed by atoms with Gasteiger partial charge in [0.25, 0.3) is 0 Å². The zero-order chi connectivity index (χ0) is 17.4. The molecule has 1 saturated heterocycles. The summed E-state index contributed by atoms with van der Waals surface area (Å²) < 4.78 is 5.41. The summed E-state index contributed by atoms with van der Waals surface area (Å²) in [5.41, 5.74) is 7.87. The predicted molar refractivity (Wildman–Crippen MR) is 96.5 cm³/mol. The number of carbonyl (C=O) groups is 1. The number of nitrogens with zero attached hydrogens (tertiary/aromatic N) is 1. The third-order valence-corrected chi connectivity index (χ3v) is 5.28. The lowest BCUT2D eigenvalue weighted by molar-refractivity contribution is -0.131. The second kappa shape index (κ2) is 9.16. The van der Waals surface area contributed by atoms with Gasteiger partial charge in [0, 0.05) is 32.7 Å². The maximum Gasteiger partial charge on any atom is 0.227 e. The van der Waals surface area contributed by atoms with Crippen molar-refractivity contribution in [2.24, 2.45) is 11.1 Å². The normalized spacial score (nSPS) is 16.1. The van der Waals surface area contributed by atoms with Crippen molar-refractivity contribution in [3.05, 3.63) is 35.4 Å².